The van der Waals surface area contributed by atoms with Crippen LogP contribution in [-0.2, 0) is 17.8 Å². The van der Waals surface area contributed by atoms with Crippen molar-refractivity contribution in [1.29, 1.82) is 0 Å². The highest BCUT2D eigenvalue weighted by molar-refractivity contribution is 5.91. The normalized spacial score (nSPS) is 10.5. The average molecular weight is 296 g/mol. The largest absolute Gasteiger partial charge is 0.326 e. The van der Waals surface area contributed by atoms with Crippen LogP contribution in [0, 0.1) is 6.92 Å². The van der Waals surface area contributed by atoms with Crippen LogP contribution in [0.5, 0.6) is 0 Å². The third kappa shape index (κ3) is 5.01. The Morgan fingerprint density at radius 1 is 1.05 bits per heavy atom. The van der Waals surface area contributed by atoms with Gasteiger partial charge in [0.2, 0.25) is 5.91 Å². The molecule has 1 amide bonds. The van der Waals surface area contributed by atoms with Crippen LogP contribution in [-0.4, -0.2) is 12.5 Å². The second-order valence-corrected chi connectivity index (χ2v) is 5.47. The number of para-hydroxylation sites is 1. The highest BCUT2D eigenvalue weighted by Gasteiger charge is 2.06. The molecule has 0 spiro atoms. The van der Waals surface area contributed by atoms with Crippen molar-refractivity contribution in [2.75, 3.05) is 11.9 Å². The quantitative estimate of drug-likeness (QED) is 0.818. The van der Waals surface area contributed by atoms with Crippen molar-refractivity contribution in [3.63, 3.8) is 0 Å². The molecule has 0 radical (unpaired) electrons. The lowest BCUT2D eigenvalue weighted by Crippen LogP contribution is -2.17. The fraction of sp³-hybridized carbons (Fsp3) is 0.316. The van der Waals surface area contributed by atoms with Crippen molar-refractivity contribution in [3.8, 4) is 0 Å². The summed E-state index contributed by atoms with van der Waals surface area (Å²) in [6.07, 6.45) is 1.26. The Morgan fingerprint density at radius 3 is 2.50 bits per heavy atom. The molecule has 2 N–H and O–H groups in total. The van der Waals surface area contributed by atoms with Gasteiger partial charge in [0.25, 0.3) is 0 Å². The predicted molar refractivity (Wildman–Crippen MR) is 92.0 cm³/mol. The molecule has 0 unspecified atom stereocenters. The number of benzene rings is 2. The van der Waals surface area contributed by atoms with E-state index in [1.54, 1.807) is 0 Å². The fourth-order valence-electron chi connectivity index (χ4n) is 2.28. The molecule has 0 aliphatic carbocycles. The summed E-state index contributed by atoms with van der Waals surface area (Å²) in [5, 5.41) is 6.31. The molecule has 0 fully saturated rings. The molecule has 22 heavy (non-hydrogen) atoms. The van der Waals surface area contributed by atoms with E-state index in [-0.39, 0.29) is 5.91 Å². The van der Waals surface area contributed by atoms with Crippen LogP contribution in [0.1, 0.15) is 30.0 Å². The highest BCUT2D eigenvalue weighted by Crippen LogP contribution is 2.15. The van der Waals surface area contributed by atoms with Gasteiger partial charge in [0.15, 0.2) is 0 Å². The summed E-state index contributed by atoms with van der Waals surface area (Å²) in [7, 11) is 0. The molecular weight excluding hydrogens is 272 g/mol. The molecule has 3 nitrogen and oxygen atoms in total. The molecule has 0 saturated heterocycles. The number of rotatable bonds is 7. The second-order valence-electron chi connectivity index (χ2n) is 5.47. The fourth-order valence-corrected chi connectivity index (χ4v) is 2.28. The maximum absolute atomic E-state index is 12.1. The van der Waals surface area contributed by atoms with Crippen LogP contribution in [0.25, 0.3) is 0 Å². The molecule has 3 heteroatoms. The molecule has 2 aromatic carbocycles. The zero-order valence-electron chi connectivity index (χ0n) is 13.4. The molecule has 0 bridgehead atoms. The smallest absolute Gasteiger partial charge is 0.224 e. The van der Waals surface area contributed by atoms with Crippen LogP contribution >= 0.6 is 0 Å². The molecule has 0 heterocycles. The van der Waals surface area contributed by atoms with Crippen molar-refractivity contribution in [2.45, 2.75) is 33.2 Å². The van der Waals surface area contributed by atoms with Crippen LogP contribution < -0.4 is 10.6 Å². The number of hydrogen-bond donors (Lipinski definition) is 2. The number of carbonyl (C=O) groups excluding carboxylic acids is 1. The van der Waals surface area contributed by atoms with Gasteiger partial charge in [0.05, 0.1) is 0 Å². The van der Waals surface area contributed by atoms with E-state index in [1.807, 2.05) is 24.3 Å². The van der Waals surface area contributed by atoms with Crippen LogP contribution in [0.4, 0.5) is 5.69 Å². The maximum atomic E-state index is 12.1. The zero-order chi connectivity index (χ0) is 15.8. The van der Waals surface area contributed by atoms with E-state index in [2.05, 4.69) is 48.7 Å². The minimum Gasteiger partial charge on any atom is -0.326 e. The lowest BCUT2D eigenvalue weighted by atomic mass is 10.1. The molecule has 2 aromatic rings. The van der Waals surface area contributed by atoms with Gasteiger partial charge in [0.1, 0.15) is 0 Å². The molecule has 2 rings (SSSR count). The molecule has 0 saturated carbocycles. The topological polar surface area (TPSA) is 41.1 Å². The number of amides is 1. The SMILES string of the molecule is CCNCc1ccccc1NC(=O)CCc1ccc(C)cc1. The van der Waals surface area contributed by atoms with E-state index in [9.17, 15) is 4.79 Å². The number of aryl methyl sites for hydroxylation is 2. The van der Waals surface area contributed by atoms with Gasteiger partial charge in [-0.3, -0.25) is 4.79 Å². The van der Waals surface area contributed by atoms with Gasteiger partial charge in [-0.15, -0.1) is 0 Å². The van der Waals surface area contributed by atoms with E-state index in [0.717, 1.165) is 30.8 Å². The minimum atomic E-state index is 0.0597. The lowest BCUT2D eigenvalue weighted by Gasteiger charge is -2.11. The van der Waals surface area contributed by atoms with Gasteiger partial charge in [-0.05, 0) is 37.1 Å². The Labute approximate surface area is 132 Å². The first-order valence-corrected chi connectivity index (χ1v) is 7.83. The Bertz CT molecular complexity index is 605. The molecule has 0 aliphatic heterocycles. The monoisotopic (exact) mass is 296 g/mol. The summed E-state index contributed by atoms with van der Waals surface area (Å²) < 4.78 is 0. The van der Waals surface area contributed by atoms with Crippen molar-refractivity contribution in [1.82, 2.24) is 5.32 Å². The van der Waals surface area contributed by atoms with E-state index < -0.39 is 0 Å². The van der Waals surface area contributed by atoms with E-state index in [1.165, 1.54) is 11.1 Å². The highest BCUT2D eigenvalue weighted by atomic mass is 16.1. The van der Waals surface area contributed by atoms with Crippen molar-refractivity contribution in [3.05, 3.63) is 65.2 Å². The standard InChI is InChI=1S/C19H24N2O/c1-3-20-14-17-6-4-5-7-18(17)21-19(22)13-12-16-10-8-15(2)9-11-16/h4-11,20H,3,12-14H2,1-2H3,(H,21,22). The first-order chi connectivity index (χ1) is 10.7. The van der Waals surface area contributed by atoms with Crippen molar-refractivity contribution >= 4 is 11.6 Å². The third-order valence-corrected chi connectivity index (χ3v) is 3.62. The number of nitrogens with one attached hydrogen (secondary N) is 2. The van der Waals surface area contributed by atoms with Gasteiger partial charge >= 0.3 is 0 Å². The Hall–Kier alpha value is -2.13. The zero-order valence-corrected chi connectivity index (χ0v) is 13.4. The van der Waals surface area contributed by atoms with Crippen molar-refractivity contribution in [2.24, 2.45) is 0 Å². The summed E-state index contributed by atoms with van der Waals surface area (Å²) in [5.74, 6) is 0.0597. The van der Waals surface area contributed by atoms with Gasteiger partial charge < -0.3 is 10.6 Å². The van der Waals surface area contributed by atoms with Gasteiger partial charge in [-0.2, -0.15) is 0 Å². The van der Waals surface area contributed by atoms with Crippen molar-refractivity contribution < 1.29 is 4.79 Å². The summed E-state index contributed by atoms with van der Waals surface area (Å²) >= 11 is 0. The van der Waals surface area contributed by atoms with Crippen LogP contribution in [0.3, 0.4) is 0 Å². The van der Waals surface area contributed by atoms with E-state index in [0.29, 0.717) is 6.42 Å². The first kappa shape index (κ1) is 16.2. The molecule has 0 aromatic heterocycles. The molecule has 0 atom stereocenters. The summed E-state index contributed by atoms with van der Waals surface area (Å²) in [6.45, 7) is 5.82. The van der Waals surface area contributed by atoms with Crippen LogP contribution in [0.15, 0.2) is 48.5 Å². The molecule has 116 valence electrons. The van der Waals surface area contributed by atoms with Crippen LogP contribution in [0.2, 0.25) is 0 Å². The third-order valence-electron chi connectivity index (χ3n) is 3.62. The van der Waals surface area contributed by atoms with Gasteiger partial charge in [-0.25, -0.2) is 0 Å². The lowest BCUT2D eigenvalue weighted by molar-refractivity contribution is -0.116. The van der Waals surface area contributed by atoms with E-state index in [4.69, 9.17) is 0 Å². The number of hydrogen-bond acceptors (Lipinski definition) is 2. The molecule has 0 aliphatic rings. The first-order valence-electron chi connectivity index (χ1n) is 7.83. The number of anilines is 1. The summed E-state index contributed by atoms with van der Waals surface area (Å²) in [4.78, 5) is 12.1. The Balaban J connectivity index is 1.90. The minimum absolute atomic E-state index is 0.0597. The maximum Gasteiger partial charge on any atom is 0.224 e. The second kappa shape index (κ2) is 8.35. The molecular formula is C19H24N2O. The summed E-state index contributed by atoms with van der Waals surface area (Å²) in [6, 6.07) is 16.3. The predicted octanol–water partition coefficient (Wildman–Crippen LogP) is 3.68. The van der Waals surface area contributed by atoms with Gasteiger partial charge in [-0.1, -0.05) is 55.0 Å². The average Bonchev–Trinajstić information content (AvgIpc) is 2.53. The van der Waals surface area contributed by atoms with Gasteiger partial charge in [0, 0.05) is 18.7 Å². The summed E-state index contributed by atoms with van der Waals surface area (Å²) in [5.41, 5.74) is 4.46. The Morgan fingerprint density at radius 2 is 1.77 bits per heavy atom. The number of carbonyl (C=O) groups is 1. The van der Waals surface area contributed by atoms with E-state index >= 15 is 0 Å². The Kier molecular flexibility index (Phi) is 6.16.